The van der Waals surface area contributed by atoms with Crippen LogP contribution in [0.1, 0.15) is 12.8 Å². The number of hydrogen-bond donors (Lipinski definition) is 0. The number of ether oxygens (including phenoxy) is 1. The fraction of sp³-hybridized carbons (Fsp3) is 0.625. The molecule has 0 aliphatic carbocycles. The highest BCUT2D eigenvalue weighted by Crippen LogP contribution is 2.14. The Morgan fingerprint density at radius 2 is 2.08 bits per heavy atom. The third-order valence-corrected chi connectivity index (χ3v) is 1.09. The quantitative estimate of drug-likeness (QED) is 0.490. The normalized spacial score (nSPS) is 10.9. The largest absolute Gasteiger partial charge is 0.411 e. The van der Waals surface area contributed by atoms with Gasteiger partial charge in [0.2, 0.25) is 0 Å². The lowest BCUT2D eigenvalue weighted by Gasteiger charge is -2.06. The first-order valence-corrected chi connectivity index (χ1v) is 3.55. The molecule has 2 nitrogen and oxygen atoms in total. The number of Topliss-reactive ketones (excluding diaryl/α,β-unsaturated/α-hetero) is 1. The van der Waals surface area contributed by atoms with Crippen molar-refractivity contribution in [2.45, 2.75) is 19.0 Å². The van der Waals surface area contributed by atoms with Gasteiger partial charge >= 0.3 is 6.18 Å². The van der Waals surface area contributed by atoms with E-state index in [0.717, 1.165) is 0 Å². The van der Waals surface area contributed by atoms with Gasteiger partial charge in [-0.3, -0.25) is 4.79 Å². The van der Waals surface area contributed by atoms with Crippen molar-refractivity contribution in [1.29, 1.82) is 0 Å². The number of halogens is 3. The number of terminal acetylenes is 1. The zero-order chi connectivity index (χ0) is 10.3. The van der Waals surface area contributed by atoms with Gasteiger partial charge in [0.25, 0.3) is 0 Å². The van der Waals surface area contributed by atoms with Crippen molar-refractivity contribution in [1.82, 2.24) is 0 Å². The Hall–Kier alpha value is -1.02. The lowest BCUT2D eigenvalue weighted by atomic mass is 10.2. The summed E-state index contributed by atoms with van der Waals surface area (Å²) < 4.78 is 38.7. The van der Waals surface area contributed by atoms with Crippen LogP contribution in [0.5, 0.6) is 0 Å². The van der Waals surface area contributed by atoms with Crippen LogP contribution in [-0.4, -0.2) is 25.2 Å². The molecule has 0 aromatic heterocycles. The van der Waals surface area contributed by atoms with Crippen molar-refractivity contribution in [3.05, 3.63) is 0 Å². The predicted octanol–water partition coefficient (Wildman–Crippen LogP) is 1.55. The van der Waals surface area contributed by atoms with Gasteiger partial charge < -0.3 is 4.74 Å². The van der Waals surface area contributed by atoms with Crippen molar-refractivity contribution >= 4 is 5.78 Å². The number of rotatable bonds is 5. The van der Waals surface area contributed by atoms with Gasteiger partial charge in [-0.05, 0) is 0 Å². The summed E-state index contributed by atoms with van der Waals surface area (Å²) in [6.45, 7) is -1.56. The Bertz CT molecular complexity index is 202. The van der Waals surface area contributed by atoms with Gasteiger partial charge in [0, 0.05) is 6.42 Å². The highest BCUT2D eigenvalue weighted by atomic mass is 19.4. The molecule has 0 heterocycles. The maximum Gasteiger partial charge on any atom is 0.411 e. The van der Waals surface area contributed by atoms with Crippen LogP contribution in [0.2, 0.25) is 0 Å². The first-order valence-electron chi connectivity index (χ1n) is 3.55. The molecule has 0 radical (unpaired) electrons. The molecule has 0 N–H and O–H groups in total. The minimum atomic E-state index is -4.34. The predicted molar refractivity (Wildman–Crippen MR) is 39.9 cm³/mol. The molecular weight excluding hydrogens is 185 g/mol. The number of carbonyl (C=O) groups is 1. The summed E-state index contributed by atoms with van der Waals surface area (Å²) in [6.07, 6.45) is 0.344. The molecule has 0 aromatic carbocycles. The molecule has 0 rings (SSSR count). The SMILES string of the molecule is C#CCC(=O)CCOCC(F)(F)F. The molecule has 13 heavy (non-hydrogen) atoms. The van der Waals surface area contributed by atoms with E-state index in [1.807, 2.05) is 0 Å². The van der Waals surface area contributed by atoms with Gasteiger partial charge in [-0.2, -0.15) is 13.2 Å². The summed E-state index contributed by atoms with van der Waals surface area (Å²) in [5, 5.41) is 0. The zero-order valence-electron chi connectivity index (χ0n) is 6.86. The first kappa shape index (κ1) is 12.0. The van der Waals surface area contributed by atoms with Crippen LogP contribution in [0.15, 0.2) is 0 Å². The fourth-order valence-electron chi connectivity index (χ4n) is 0.576. The molecule has 5 heteroatoms. The standard InChI is InChI=1S/C8H9F3O2/c1-2-3-7(12)4-5-13-6-8(9,10)11/h1H,3-6H2. The van der Waals surface area contributed by atoms with Crippen molar-refractivity contribution in [2.24, 2.45) is 0 Å². The van der Waals surface area contributed by atoms with Crippen molar-refractivity contribution in [3.63, 3.8) is 0 Å². The van der Waals surface area contributed by atoms with Crippen LogP contribution in [0, 0.1) is 12.3 Å². The third kappa shape index (κ3) is 8.89. The third-order valence-electron chi connectivity index (χ3n) is 1.09. The van der Waals surface area contributed by atoms with E-state index in [1.165, 1.54) is 0 Å². The molecule has 0 bridgehead atoms. The number of alkyl halides is 3. The van der Waals surface area contributed by atoms with Crippen molar-refractivity contribution < 1.29 is 22.7 Å². The average Bonchev–Trinajstić information content (AvgIpc) is 1.97. The molecule has 0 unspecified atom stereocenters. The Morgan fingerprint density at radius 1 is 1.46 bits per heavy atom. The maximum absolute atomic E-state index is 11.5. The van der Waals surface area contributed by atoms with Crippen LogP contribution in [0.25, 0.3) is 0 Å². The fourth-order valence-corrected chi connectivity index (χ4v) is 0.576. The van der Waals surface area contributed by atoms with E-state index in [4.69, 9.17) is 6.42 Å². The van der Waals surface area contributed by atoms with Gasteiger partial charge in [0.1, 0.15) is 12.4 Å². The summed E-state index contributed by atoms with van der Waals surface area (Å²) in [7, 11) is 0. The molecule has 0 aromatic rings. The molecule has 74 valence electrons. The second-order valence-corrected chi connectivity index (χ2v) is 2.34. The van der Waals surface area contributed by atoms with E-state index in [2.05, 4.69) is 10.7 Å². The van der Waals surface area contributed by atoms with Crippen LogP contribution < -0.4 is 0 Å². The van der Waals surface area contributed by atoms with E-state index in [-0.39, 0.29) is 25.2 Å². The molecule has 0 amide bonds. The Labute approximate surface area is 74.1 Å². The van der Waals surface area contributed by atoms with Gasteiger partial charge in [-0.25, -0.2) is 0 Å². The van der Waals surface area contributed by atoms with E-state index in [9.17, 15) is 18.0 Å². The number of carbonyl (C=O) groups excluding carboxylic acids is 1. The molecule has 0 fully saturated rings. The molecule has 0 saturated heterocycles. The number of hydrogen-bond acceptors (Lipinski definition) is 2. The van der Waals surface area contributed by atoms with E-state index < -0.39 is 12.8 Å². The van der Waals surface area contributed by atoms with Crippen LogP contribution >= 0.6 is 0 Å². The lowest BCUT2D eigenvalue weighted by molar-refractivity contribution is -0.174. The van der Waals surface area contributed by atoms with Crippen molar-refractivity contribution in [3.8, 4) is 12.3 Å². The molecule has 0 aliphatic heterocycles. The summed E-state index contributed by atoms with van der Waals surface area (Å²) in [5.74, 6) is 1.81. The van der Waals surface area contributed by atoms with Crippen LogP contribution in [0.3, 0.4) is 0 Å². The van der Waals surface area contributed by atoms with Gasteiger partial charge in [-0.15, -0.1) is 6.42 Å². The van der Waals surface area contributed by atoms with Crippen LogP contribution in [0.4, 0.5) is 13.2 Å². The minimum absolute atomic E-state index is 0.0601. The van der Waals surface area contributed by atoms with E-state index >= 15 is 0 Å². The number of ketones is 1. The first-order chi connectivity index (χ1) is 5.95. The monoisotopic (exact) mass is 194 g/mol. The van der Waals surface area contributed by atoms with Gasteiger partial charge in [0.05, 0.1) is 13.0 Å². The lowest BCUT2D eigenvalue weighted by Crippen LogP contribution is -2.18. The molecule has 0 atom stereocenters. The summed E-state index contributed by atoms with van der Waals surface area (Å²) in [4.78, 5) is 10.7. The molecule has 0 spiro atoms. The zero-order valence-corrected chi connectivity index (χ0v) is 6.86. The van der Waals surface area contributed by atoms with E-state index in [1.54, 1.807) is 0 Å². The van der Waals surface area contributed by atoms with Gasteiger partial charge in [-0.1, -0.05) is 5.92 Å². The summed E-state index contributed by atoms with van der Waals surface area (Å²) in [6, 6.07) is 0. The van der Waals surface area contributed by atoms with Crippen LogP contribution in [-0.2, 0) is 9.53 Å². The smallest absolute Gasteiger partial charge is 0.372 e. The van der Waals surface area contributed by atoms with E-state index in [0.29, 0.717) is 0 Å². The summed E-state index contributed by atoms with van der Waals surface area (Å²) in [5.41, 5.74) is 0. The Morgan fingerprint density at radius 3 is 2.54 bits per heavy atom. The summed E-state index contributed by atoms with van der Waals surface area (Å²) >= 11 is 0. The highest BCUT2D eigenvalue weighted by molar-refractivity contribution is 5.80. The highest BCUT2D eigenvalue weighted by Gasteiger charge is 2.27. The second kappa shape index (κ2) is 5.60. The molecule has 0 aliphatic rings. The topological polar surface area (TPSA) is 26.3 Å². The van der Waals surface area contributed by atoms with Crippen molar-refractivity contribution in [2.75, 3.05) is 13.2 Å². The Balaban J connectivity index is 3.37. The minimum Gasteiger partial charge on any atom is -0.372 e. The molecule has 0 saturated carbocycles. The van der Waals surface area contributed by atoms with Gasteiger partial charge in [0.15, 0.2) is 0 Å². The molecular formula is C8H9F3O2. The second-order valence-electron chi connectivity index (χ2n) is 2.34. The Kier molecular flexibility index (Phi) is 5.16. The maximum atomic E-state index is 11.5. The average molecular weight is 194 g/mol.